The minimum Gasteiger partial charge on any atom is -0.450 e. The number of aromatic nitrogens is 3. The average molecular weight is 390 g/mol. The number of thiophene rings is 1. The lowest BCUT2D eigenvalue weighted by atomic mass is 10.3. The summed E-state index contributed by atoms with van der Waals surface area (Å²) >= 11 is 1.49. The maximum Gasteiger partial charge on any atom is 0.377 e. The van der Waals surface area contributed by atoms with Gasteiger partial charge in [0.05, 0.1) is 17.1 Å². The lowest BCUT2D eigenvalue weighted by Crippen LogP contribution is -2.35. The van der Waals surface area contributed by atoms with Crippen molar-refractivity contribution in [3.63, 3.8) is 0 Å². The maximum atomic E-state index is 12.4. The summed E-state index contributed by atoms with van der Waals surface area (Å²) in [6.45, 7) is 3.82. The molecule has 1 amide bonds. The monoisotopic (exact) mass is 390 g/mol. The minimum absolute atomic E-state index is 0.0418. The molecule has 0 fully saturated rings. The smallest absolute Gasteiger partial charge is 0.377 e. The van der Waals surface area contributed by atoms with E-state index in [1.54, 1.807) is 6.92 Å². The van der Waals surface area contributed by atoms with Crippen LogP contribution in [-0.2, 0) is 16.1 Å². The molecule has 0 spiro atoms. The topological polar surface area (TPSA) is 112 Å². The molecule has 3 aromatic heterocycles. The van der Waals surface area contributed by atoms with Crippen LogP contribution in [0.2, 0.25) is 0 Å². The Kier molecular flexibility index (Phi) is 5.97. The van der Waals surface area contributed by atoms with Gasteiger partial charge in [0.15, 0.2) is 6.61 Å². The molecule has 0 atom stereocenters. The zero-order valence-electron chi connectivity index (χ0n) is 14.9. The molecule has 0 aromatic carbocycles. The van der Waals surface area contributed by atoms with E-state index in [2.05, 4.69) is 15.4 Å². The molecule has 0 bridgehead atoms. The van der Waals surface area contributed by atoms with Gasteiger partial charge in [0, 0.05) is 12.6 Å². The van der Waals surface area contributed by atoms with Crippen molar-refractivity contribution in [1.29, 1.82) is 0 Å². The van der Waals surface area contributed by atoms with Gasteiger partial charge in [-0.05, 0) is 24.8 Å². The molecule has 9 nitrogen and oxygen atoms in total. The van der Waals surface area contributed by atoms with Crippen LogP contribution in [0.3, 0.4) is 0 Å². The van der Waals surface area contributed by atoms with Gasteiger partial charge >= 0.3 is 5.97 Å². The lowest BCUT2D eigenvalue weighted by Gasteiger charge is -2.19. The molecule has 0 aliphatic carbocycles. The number of aryl methyl sites for hydroxylation is 1. The van der Waals surface area contributed by atoms with Crippen LogP contribution >= 0.6 is 11.3 Å². The molecule has 0 aliphatic rings. The van der Waals surface area contributed by atoms with Gasteiger partial charge in [-0.1, -0.05) is 18.1 Å². The highest BCUT2D eigenvalue weighted by atomic mass is 32.1. The molecule has 10 heteroatoms. The fourth-order valence-corrected chi connectivity index (χ4v) is 2.94. The van der Waals surface area contributed by atoms with Crippen LogP contribution in [0.4, 0.5) is 0 Å². The number of nitrogens with zero attached hydrogens (tertiary/aromatic N) is 4. The molecular weight excluding hydrogens is 372 g/mol. The molecular formula is C17H18N4O5S. The third-order valence-corrected chi connectivity index (χ3v) is 4.38. The predicted octanol–water partition coefficient (Wildman–Crippen LogP) is 2.69. The van der Waals surface area contributed by atoms with Crippen molar-refractivity contribution in [2.45, 2.75) is 26.8 Å². The van der Waals surface area contributed by atoms with Gasteiger partial charge in [0.25, 0.3) is 11.8 Å². The number of rotatable bonds is 8. The van der Waals surface area contributed by atoms with Crippen molar-refractivity contribution in [1.82, 2.24) is 20.3 Å². The van der Waals surface area contributed by atoms with Crippen molar-refractivity contribution in [2.24, 2.45) is 0 Å². The van der Waals surface area contributed by atoms with Gasteiger partial charge in [-0.2, -0.15) is 0 Å². The summed E-state index contributed by atoms with van der Waals surface area (Å²) in [5.74, 6) is -0.413. The van der Waals surface area contributed by atoms with E-state index >= 15 is 0 Å². The highest BCUT2D eigenvalue weighted by Gasteiger charge is 2.21. The fourth-order valence-electron chi connectivity index (χ4n) is 2.29. The summed E-state index contributed by atoms with van der Waals surface area (Å²) in [5.41, 5.74) is 0.554. The Balaban J connectivity index is 1.59. The van der Waals surface area contributed by atoms with Crippen LogP contribution < -0.4 is 0 Å². The Labute approximate surface area is 158 Å². The number of hydrogen-bond donors (Lipinski definition) is 0. The van der Waals surface area contributed by atoms with Crippen molar-refractivity contribution in [3.05, 3.63) is 40.9 Å². The number of carbonyl (C=O) groups excluding carboxylic acids is 2. The minimum atomic E-state index is -0.738. The molecule has 0 unspecified atom stereocenters. The molecule has 0 radical (unpaired) electrons. The summed E-state index contributed by atoms with van der Waals surface area (Å²) in [6, 6.07) is 5.21. The Hall–Kier alpha value is -3.01. The van der Waals surface area contributed by atoms with Gasteiger partial charge in [-0.15, -0.1) is 21.5 Å². The normalized spacial score (nSPS) is 10.7. The zero-order valence-corrected chi connectivity index (χ0v) is 15.7. The van der Waals surface area contributed by atoms with E-state index in [-0.39, 0.29) is 18.2 Å². The molecule has 0 aliphatic heterocycles. The van der Waals surface area contributed by atoms with Gasteiger partial charge in [-0.3, -0.25) is 4.79 Å². The first-order chi connectivity index (χ1) is 13.1. The Morgan fingerprint density at radius 3 is 2.85 bits per heavy atom. The van der Waals surface area contributed by atoms with Gasteiger partial charge in [-0.25, -0.2) is 4.79 Å². The number of esters is 1. The van der Waals surface area contributed by atoms with Crippen LogP contribution in [0.25, 0.3) is 10.8 Å². The van der Waals surface area contributed by atoms with Crippen molar-refractivity contribution in [2.75, 3.05) is 13.2 Å². The van der Waals surface area contributed by atoms with E-state index in [1.165, 1.54) is 22.3 Å². The second-order valence-electron chi connectivity index (χ2n) is 5.70. The van der Waals surface area contributed by atoms with Crippen LogP contribution in [0, 0.1) is 6.92 Å². The van der Waals surface area contributed by atoms with Crippen molar-refractivity contribution < 1.29 is 23.3 Å². The van der Waals surface area contributed by atoms with Crippen LogP contribution in [0.15, 0.2) is 32.5 Å². The summed E-state index contributed by atoms with van der Waals surface area (Å²) < 4.78 is 15.4. The number of hydrogen-bond acceptors (Lipinski definition) is 9. The van der Waals surface area contributed by atoms with Crippen LogP contribution in [-0.4, -0.2) is 45.3 Å². The van der Waals surface area contributed by atoms with E-state index in [1.807, 2.05) is 24.4 Å². The third kappa shape index (κ3) is 4.79. The Morgan fingerprint density at radius 2 is 2.19 bits per heavy atom. The summed E-state index contributed by atoms with van der Waals surface area (Å²) in [6.07, 6.45) is 0.729. The summed E-state index contributed by atoms with van der Waals surface area (Å²) in [5, 5.41) is 13.5. The highest BCUT2D eigenvalue weighted by molar-refractivity contribution is 7.13. The molecule has 0 N–H and O–H groups in total. The molecule has 3 rings (SSSR count). The number of carbonyl (C=O) groups is 2. The number of amides is 1. The second kappa shape index (κ2) is 8.58. The summed E-state index contributed by atoms with van der Waals surface area (Å²) in [4.78, 5) is 26.7. The molecule has 0 saturated heterocycles. The molecule has 3 heterocycles. The standard InChI is InChI=1S/C17H18N4O5S/c1-3-6-21(9-14-18-19-16(25-14)13-5-4-7-27-13)15(22)10-24-17(23)12-8-11(2)20-26-12/h4-5,7-8H,3,6,9-10H2,1-2H3. The van der Waals surface area contributed by atoms with Crippen molar-refractivity contribution in [3.8, 4) is 10.8 Å². The van der Waals surface area contributed by atoms with Gasteiger partial charge < -0.3 is 18.6 Å². The van der Waals surface area contributed by atoms with E-state index in [4.69, 9.17) is 13.7 Å². The van der Waals surface area contributed by atoms with Crippen LogP contribution in [0.1, 0.15) is 35.5 Å². The molecule has 0 saturated carbocycles. The highest BCUT2D eigenvalue weighted by Crippen LogP contribution is 2.23. The molecule has 27 heavy (non-hydrogen) atoms. The third-order valence-electron chi connectivity index (χ3n) is 3.53. The average Bonchev–Trinajstić information content (AvgIpc) is 3.40. The fraction of sp³-hybridized carbons (Fsp3) is 0.353. The SMILES string of the molecule is CCCN(Cc1nnc(-c2cccs2)o1)C(=O)COC(=O)c1cc(C)no1. The Bertz CT molecular complexity index is 902. The molecule has 142 valence electrons. The van der Waals surface area contributed by atoms with Crippen molar-refractivity contribution >= 4 is 23.2 Å². The van der Waals surface area contributed by atoms with Crippen LogP contribution in [0.5, 0.6) is 0 Å². The zero-order chi connectivity index (χ0) is 19.2. The summed E-state index contributed by atoms with van der Waals surface area (Å²) in [7, 11) is 0. The predicted molar refractivity (Wildman–Crippen MR) is 94.8 cm³/mol. The van der Waals surface area contributed by atoms with E-state index < -0.39 is 12.6 Å². The van der Waals surface area contributed by atoms with Gasteiger partial charge in [0.1, 0.15) is 0 Å². The lowest BCUT2D eigenvalue weighted by molar-refractivity contribution is -0.135. The van der Waals surface area contributed by atoms with E-state index in [0.29, 0.717) is 24.0 Å². The first kappa shape index (κ1) is 18.8. The first-order valence-corrected chi connectivity index (χ1v) is 9.19. The largest absolute Gasteiger partial charge is 0.450 e. The van der Waals surface area contributed by atoms with E-state index in [9.17, 15) is 9.59 Å². The quantitative estimate of drug-likeness (QED) is 0.540. The molecule has 3 aromatic rings. The first-order valence-electron chi connectivity index (χ1n) is 8.31. The maximum absolute atomic E-state index is 12.4. The number of ether oxygens (including phenoxy) is 1. The Morgan fingerprint density at radius 1 is 1.33 bits per heavy atom. The second-order valence-corrected chi connectivity index (χ2v) is 6.65. The van der Waals surface area contributed by atoms with Gasteiger partial charge in [0.2, 0.25) is 11.7 Å². The van der Waals surface area contributed by atoms with E-state index in [0.717, 1.165) is 11.3 Å².